The van der Waals surface area contributed by atoms with E-state index in [1.165, 1.54) is 22.9 Å². The van der Waals surface area contributed by atoms with E-state index < -0.39 is 0 Å². The lowest BCUT2D eigenvalue weighted by atomic mass is 10.1. The largest absolute Gasteiger partial charge is 0.370 e. The van der Waals surface area contributed by atoms with Crippen LogP contribution in [0.4, 0.5) is 10.1 Å². The molecule has 0 aromatic heterocycles. The minimum atomic E-state index is -0.185. The second-order valence-corrected chi connectivity index (χ2v) is 5.15. The van der Waals surface area contributed by atoms with Gasteiger partial charge in [-0.15, -0.1) is 0 Å². The van der Waals surface area contributed by atoms with Crippen molar-refractivity contribution in [2.45, 2.75) is 20.0 Å². The Morgan fingerprint density at radius 2 is 1.95 bits per heavy atom. The number of hydrogen-bond donors (Lipinski definition) is 1. The third kappa shape index (κ3) is 3.58. The van der Waals surface area contributed by atoms with Crippen molar-refractivity contribution in [3.8, 4) is 0 Å². The van der Waals surface area contributed by atoms with Gasteiger partial charge >= 0.3 is 0 Å². The SMILES string of the molecule is CNCc1cc(C)ccc1N(C)Cc1cccc(F)c1. The molecule has 0 radical (unpaired) electrons. The lowest BCUT2D eigenvalue weighted by molar-refractivity contribution is 0.625. The molecular weight excluding hydrogens is 251 g/mol. The van der Waals surface area contributed by atoms with Crippen molar-refractivity contribution in [2.75, 3.05) is 19.0 Å². The van der Waals surface area contributed by atoms with E-state index in [9.17, 15) is 4.39 Å². The number of halogens is 1. The van der Waals surface area contributed by atoms with E-state index >= 15 is 0 Å². The molecule has 20 heavy (non-hydrogen) atoms. The Kier molecular flexibility index (Phi) is 4.74. The first-order valence-electron chi connectivity index (χ1n) is 6.80. The average Bonchev–Trinajstić information content (AvgIpc) is 2.39. The van der Waals surface area contributed by atoms with Gasteiger partial charge < -0.3 is 10.2 Å². The van der Waals surface area contributed by atoms with Gasteiger partial charge in [0.2, 0.25) is 0 Å². The molecule has 0 heterocycles. The molecule has 3 heteroatoms. The maximum absolute atomic E-state index is 13.2. The third-order valence-electron chi connectivity index (χ3n) is 3.32. The molecule has 1 N–H and O–H groups in total. The highest BCUT2D eigenvalue weighted by Gasteiger charge is 2.08. The van der Waals surface area contributed by atoms with E-state index in [4.69, 9.17) is 0 Å². The molecule has 0 atom stereocenters. The fourth-order valence-electron chi connectivity index (χ4n) is 2.41. The Balaban J connectivity index is 2.22. The van der Waals surface area contributed by atoms with Crippen LogP contribution in [-0.4, -0.2) is 14.1 Å². The van der Waals surface area contributed by atoms with E-state index in [2.05, 4.69) is 35.3 Å². The lowest BCUT2D eigenvalue weighted by Crippen LogP contribution is -2.19. The van der Waals surface area contributed by atoms with Gasteiger partial charge in [-0.05, 0) is 43.3 Å². The molecule has 0 spiro atoms. The van der Waals surface area contributed by atoms with Gasteiger partial charge in [0, 0.05) is 25.8 Å². The Hall–Kier alpha value is -1.87. The summed E-state index contributed by atoms with van der Waals surface area (Å²) in [5, 5.41) is 3.19. The number of aryl methyl sites for hydroxylation is 1. The standard InChI is InChI=1S/C17H21FN2/c1-13-7-8-17(15(9-13)11-19-2)20(3)12-14-5-4-6-16(18)10-14/h4-10,19H,11-12H2,1-3H3. The first-order chi connectivity index (χ1) is 9.60. The predicted octanol–water partition coefficient (Wildman–Crippen LogP) is 3.49. The summed E-state index contributed by atoms with van der Waals surface area (Å²) in [6, 6.07) is 13.2. The zero-order valence-corrected chi connectivity index (χ0v) is 12.3. The summed E-state index contributed by atoms with van der Waals surface area (Å²) in [5.74, 6) is -0.185. The van der Waals surface area contributed by atoms with E-state index in [0.717, 1.165) is 12.1 Å². The van der Waals surface area contributed by atoms with E-state index in [1.807, 2.05) is 20.2 Å². The highest BCUT2D eigenvalue weighted by molar-refractivity contribution is 5.54. The fourth-order valence-corrected chi connectivity index (χ4v) is 2.41. The molecule has 0 unspecified atom stereocenters. The smallest absolute Gasteiger partial charge is 0.123 e. The maximum Gasteiger partial charge on any atom is 0.123 e. The summed E-state index contributed by atoms with van der Waals surface area (Å²) in [5.41, 5.74) is 4.65. The molecule has 0 saturated carbocycles. The number of nitrogens with zero attached hydrogens (tertiary/aromatic N) is 1. The topological polar surface area (TPSA) is 15.3 Å². The van der Waals surface area contributed by atoms with E-state index in [-0.39, 0.29) is 5.82 Å². The van der Waals surface area contributed by atoms with Crippen LogP contribution in [0.15, 0.2) is 42.5 Å². The first-order valence-corrected chi connectivity index (χ1v) is 6.80. The number of nitrogens with one attached hydrogen (secondary N) is 1. The van der Waals surface area contributed by atoms with Gasteiger partial charge in [-0.25, -0.2) is 4.39 Å². The monoisotopic (exact) mass is 272 g/mol. The maximum atomic E-state index is 13.2. The summed E-state index contributed by atoms with van der Waals surface area (Å²) in [4.78, 5) is 2.15. The van der Waals surface area contributed by atoms with Crippen LogP contribution in [-0.2, 0) is 13.1 Å². The Bertz CT molecular complexity index is 581. The van der Waals surface area contributed by atoms with Crippen LogP contribution in [0.1, 0.15) is 16.7 Å². The highest BCUT2D eigenvalue weighted by Crippen LogP contribution is 2.22. The van der Waals surface area contributed by atoms with Gasteiger partial charge in [0.05, 0.1) is 0 Å². The number of rotatable bonds is 5. The minimum absolute atomic E-state index is 0.185. The fraction of sp³-hybridized carbons (Fsp3) is 0.294. The minimum Gasteiger partial charge on any atom is -0.370 e. The summed E-state index contributed by atoms with van der Waals surface area (Å²) >= 11 is 0. The van der Waals surface area contributed by atoms with Gasteiger partial charge in [0.1, 0.15) is 5.82 Å². The Morgan fingerprint density at radius 1 is 1.15 bits per heavy atom. The molecular formula is C17H21FN2. The van der Waals surface area contributed by atoms with Gasteiger partial charge in [-0.2, -0.15) is 0 Å². The summed E-state index contributed by atoms with van der Waals surface area (Å²) < 4.78 is 13.2. The average molecular weight is 272 g/mol. The lowest BCUT2D eigenvalue weighted by Gasteiger charge is -2.23. The van der Waals surface area contributed by atoms with Crippen LogP contribution in [0.2, 0.25) is 0 Å². The number of anilines is 1. The molecule has 2 rings (SSSR count). The van der Waals surface area contributed by atoms with Crippen LogP contribution in [0.3, 0.4) is 0 Å². The van der Waals surface area contributed by atoms with Crippen molar-refractivity contribution in [2.24, 2.45) is 0 Å². The summed E-state index contributed by atoms with van der Waals surface area (Å²) in [6.07, 6.45) is 0. The molecule has 2 aromatic carbocycles. The van der Waals surface area contributed by atoms with Gasteiger partial charge in [-0.3, -0.25) is 0 Å². The van der Waals surface area contributed by atoms with Gasteiger partial charge in [0.15, 0.2) is 0 Å². The molecule has 0 bridgehead atoms. The Morgan fingerprint density at radius 3 is 2.65 bits per heavy atom. The zero-order chi connectivity index (χ0) is 14.5. The number of benzene rings is 2. The van der Waals surface area contributed by atoms with Gasteiger partial charge in [0.25, 0.3) is 0 Å². The highest BCUT2D eigenvalue weighted by atomic mass is 19.1. The van der Waals surface area contributed by atoms with Crippen molar-refractivity contribution in [3.05, 3.63) is 65.0 Å². The van der Waals surface area contributed by atoms with Crippen molar-refractivity contribution >= 4 is 5.69 Å². The molecule has 0 amide bonds. The first kappa shape index (κ1) is 14.5. The van der Waals surface area contributed by atoms with Crippen LogP contribution in [0, 0.1) is 12.7 Å². The third-order valence-corrected chi connectivity index (χ3v) is 3.32. The molecule has 0 aliphatic rings. The van der Waals surface area contributed by atoms with Gasteiger partial charge in [-0.1, -0.05) is 29.8 Å². The quantitative estimate of drug-likeness (QED) is 0.896. The van der Waals surface area contributed by atoms with E-state index in [1.54, 1.807) is 12.1 Å². The van der Waals surface area contributed by atoms with Crippen molar-refractivity contribution in [1.29, 1.82) is 0 Å². The Labute approximate surface area is 120 Å². The molecule has 2 aromatic rings. The van der Waals surface area contributed by atoms with Crippen molar-refractivity contribution < 1.29 is 4.39 Å². The molecule has 106 valence electrons. The van der Waals surface area contributed by atoms with Crippen molar-refractivity contribution in [1.82, 2.24) is 5.32 Å². The molecule has 0 aliphatic heterocycles. The summed E-state index contributed by atoms with van der Waals surface area (Å²) in [6.45, 7) is 3.61. The molecule has 2 nitrogen and oxygen atoms in total. The molecule has 0 saturated heterocycles. The van der Waals surface area contributed by atoms with Crippen LogP contribution >= 0.6 is 0 Å². The van der Waals surface area contributed by atoms with Crippen molar-refractivity contribution in [3.63, 3.8) is 0 Å². The van der Waals surface area contributed by atoms with Crippen LogP contribution in [0.25, 0.3) is 0 Å². The van der Waals surface area contributed by atoms with E-state index in [0.29, 0.717) is 6.54 Å². The predicted molar refractivity (Wildman–Crippen MR) is 82.4 cm³/mol. The van der Waals surface area contributed by atoms with Crippen LogP contribution < -0.4 is 10.2 Å². The van der Waals surface area contributed by atoms with Crippen LogP contribution in [0.5, 0.6) is 0 Å². The normalized spacial score (nSPS) is 10.6. The zero-order valence-electron chi connectivity index (χ0n) is 12.3. The molecule has 0 fully saturated rings. The second-order valence-electron chi connectivity index (χ2n) is 5.15. The number of hydrogen-bond acceptors (Lipinski definition) is 2. The second kappa shape index (κ2) is 6.53. The molecule has 0 aliphatic carbocycles. The summed E-state index contributed by atoms with van der Waals surface area (Å²) in [7, 11) is 3.98.